The number of fused-ring (bicyclic) bond motifs is 3. The zero-order valence-electron chi connectivity index (χ0n) is 10.1. The Labute approximate surface area is 110 Å². The number of aromatic nitrogens is 1. The third-order valence-corrected chi connectivity index (χ3v) is 4.81. The number of piperazine rings is 1. The molecule has 1 saturated heterocycles. The Morgan fingerprint density at radius 3 is 2.89 bits per heavy atom. The maximum Gasteiger partial charge on any atom is 0.186 e. The molecule has 0 unspecified atom stereocenters. The van der Waals surface area contributed by atoms with Crippen LogP contribution in [0.4, 0.5) is 5.13 Å². The highest BCUT2D eigenvalue weighted by Crippen LogP contribution is 2.41. The summed E-state index contributed by atoms with van der Waals surface area (Å²) in [5, 5.41) is 4.59. The maximum atomic E-state index is 4.87. The van der Waals surface area contributed by atoms with Crippen molar-refractivity contribution in [3.05, 3.63) is 34.7 Å². The maximum absolute atomic E-state index is 4.87. The number of thiazole rings is 1. The molecule has 1 aliphatic heterocycles. The molecule has 1 N–H and O–H groups in total. The van der Waals surface area contributed by atoms with E-state index in [0.717, 1.165) is 32.6 Å². The lowest BCUT2D eigenvalue weighted by Crippen LogP contribution is -2.43. The van der Waals surface area contributed by atoms with E-state index >= 15 is 0 Å². The van der Waals surface area contributed by atoms with Gasteiger partial charge in [-0.15, -0.1) is 11.3 Å². The Balaban J connectivity index is 1.71. The predicted molar refractivity (Wildman–Crippen MR) is 75.4 cm³/mol. The first-order valence-corrected chi connectivity index (χ1v) is 7.27. The van der Waals surface area contributed by atoms with Gasteiger partial charge in [0, 0.05) is 43.0 Å². The van der Waals surface area contributed by atoms with E-state index in [1.807, 2.05) is 11.3 Å². The number of hydrogen-bond donors (Lipinski definition) is 1. The third-order valence-electron chi connectivity index (χ3n) is 3.70. The molecule has 0 spiro atoms. The van der Waals surface area contributed by atoms with Crippen LogP contribution >= 0.6 is 11.3 Å². The van der Waals surface area contributed by atoms with Crippen molar-refractivity contribution in [2.75, 3.05) is 31.1 Å². The van der Waals surface area contributed by atoms with Crippen LogP contribution in [0.15, 0.2) is 24.3 Å². The zero-order chi connectivity index (χ0) is 11.9. The number of benzene rings is 1. The van der Waals surface area contributed by atoms with E-state index in [0.29, 0.717) is 0 Å². The fourth-order valence-corrected chi connectivity index (χ4v) is 3.89. The van der Waals surface area contributed by atoms with Crippen molar-refractivity contribution in [1.29, 1.82) is 0 Å². The van der Waals surface area contributed by atoms with Crippen molar-refractivity contribution >= 4 is 16.5 Å². The molecule has 4 heteroatoms. The van der Waals surface area contributed by atoms with Gasteiger partial charge in [0.2, 0.25) is 0 Å². The van der Waals surface area contributed by atoms with Crippen LogP contribution in [0, 0.1) is 0 Å². The Morgan fingerprint density at radius 1 is 1.17 bits per heavy atom. The first kappa shape index (κ1) is 10.5. The Kier molecular flexibility index (Phi) is 2.38. The molecule has 1 aromatic carbocycles. The average molecular weight is 257 g/mol. The van der Waals surface area contributed by atoms with Gasteiger partial charge in [-0.3, -0.25) is 0 Å². The molecule has 0 bridgehead atoms. The smallest absolute Gasteiger partial charge is 0.186 e. The lowest BCUT2D eigenvalue weighted by atomic mass is 10.1. The van der Waals surface area contributed by atoms with E-state index in [2.05, 4.69) is 34.5 Å². The first-order chi connectivity index (χ1) is 8.92. The van der Waals surface area contributed by atoms with E-state index in [9.17, 15) is 0 Å². The standard InChI is InChI=1S/C14H15N3S/c1-2-4-11-10(3-1)9-12-13(11)16-14(18-12)17-7-5-15-6-8-17/h1-4,15H,5-9H2. The number of nitrogens with zero attached hydrogens (tertiary/aromatic N) is 2. The van der Waals surface area contributed by atoms with E-state index in [1.165, 1.54) is 26.8 Å². The third kappa shape index (κ3) is 1.56. The van der Waals surface area contributed by atoms with Crippen molar-refractivity contribution < 1.29 is 0 Å². The summed E-state index contributed by atoms with van der Waals surface area (Å²) in [4.78, 5) is 8.71. The van der Waals surface area contributed by atoms with Crippen molar-refractivity contribution in [2.24, 2.45) is 0 Å². The van der Waals surface area contributed by atoms with Crippen LogP contribution in [-0.4, -0.2) is 31.2 Å². The summed E-state index contributed by atoms with van der Waals surface area (Å²) >= 11 is 1.87. The van der Waals surface area contributed by atoms with E-state index in [4.69, 9.17) is 4.98 Å². The van der Waals surface area contributed by atoms with Crippen LogP contribution in [-0.2, 0) is 6.42 Å². The summed E-state index contributed by atoms with van der Waals surface area (Å²) in [5.74, 6) is 0. The van der Waals surface area contributed by atoms with Crippen molar-refractivity contribution in [2.45, 2.75) is 6.42 Å². The molecular weight excluding hydrogens is 242 g/mol. The molecule has 4 rings (SSSR count). The Morgan fingerprint density at radius 2 is 2.00 bits per heavy atom. The molecule has 0 amide bonds. The fourth-order valence-electron chi connectivity index (χ4n) is 2.74. The molecule has 2 aliphatic rings. The second-order valence-corrected chi connectivity index (χ2v) is 5.90. The number of anilines is 1. The van der Waals surface area contributed by atoms with Crippen LogP contribution < -0.4 is 10.2 Å². The van der Waals surface area contributed by atoms with Crippen LogP contribution in [0.3, 0.4) is 0 Å². The van der Waals surface area contributed by atoms with Crippen LogP contribution in [0.2, 0.25) is 0 Å². The lowest BCUT2D eigenvalue weighted by molar-refractivity contribution is 0.588. The van der Waals surface area contributed by atoms with E-state index in [-0.39, 0.29) is 0 Å². The highest BCUT2D eigenvalue weighted by Gasteiger charge is 2.25. The molecule has 1 aromatic heterocycles. The van der Waals surface area contributed by atoms with Crippen molar-refractivity contribution in [3.8, 4) is 11.3 Å². The van der Waals surface area contributed by atoms with Gasteiger partial charge in [-0.1, -0.05) is 24.3 Å². The van der Waals surface area contributed by atoms with Crippen molar-refractivity contribution in [3.63, 3.8) is 0 Å². The summed E-state index contributed by atoms with van der Waals surface area (Å²) in [6.07, 6.45) is 1.06. The second kappa shape index (κ2) is 4.07. The van der Waals surface area contributed by atoms with Crippen molar-refractivity contribution in [1.82, 2.24) is 10.3 Å². The zero-order valence-corrected chi connectivity index (χ0v) is 11.0. The van der Waals surface area contributed by atoms with Gasteiger partial charge in [0.1, 0.15) is 0 Å². The normalized spacial score (nSPS) is 17.7. The number of nitrogens with one attached hydrogen (secondary N) is 1. The summed E-state index contributed by atoms with van der Waals surface area (Å²) in [6.45, 7) is 4.30. The van der Waals surface area contributed by atoms with Crippen LogP contribution in [0.5, 0.6) is 0 Å². The molecule has 2 aromatic rings. The summed E-state index contributed by atoms with van der Waals surface area (Å²) in [7, 11) is 0. The minimum Gasteiger partial charge on any atom is -0.346 e. The van der Waals surface area contributed by atoms with Crippen LogP contribution in [0.25, 0.3) is 11.3 Å². The molecular formula is C14H15N3S. The van der Waals surface area contributed by atoms with Gasteiger partial charge in [-0.2, -0.15) is 0 Å². The van der Waals surface area contributed by atoms with Gasteiger partial charge in [-0.05, 0) is 5.56 Å². The SMILES string of the molecule is c1ccc2c(c1)Cc1sc(N3CCNCC3)nc1-2. The predicted octanol–water partition coefficient (Wildman–Crippen LogP) is 2.12. The number of hydrogen-bond acceptors (Lipinski definition) is 4. The fraction of sp³-hybridized carbons (Fsp3) is 0.357. The van der Waals surface area contributed by atoms with Gasteiger partial charge < -0.3 is 10.2 Å². The largest absolute Gasteiger partial charge is 0.346 e. The van der Waals surface area contributed by atoms with Gasteiger partial charge >= 0.3 is 0 Å². The monoisotopic (exact) mass is 257 g/mol. The van der Waals surface area contributed by atoms with Gasteiger partial charge in [-0.25, -0.2) is 4.98 Å². The summed E-state index contributed by atoms with van der Waals surface area (Å²) in [5.41, 5.74) is 3.99. The highest BCUT2D eigenvalue weighted by atomic mass is 32.1. The average Bonchev–Trinajstić information content (AvgIpc) is 2.97. The molecule has 2 heterocycles. The minimum absolute atomic E-state index is 1.06. The Bertz CT molecular complexity index is 584. The lowest BCUT2D eigenvalue weighted by Gasteiger charge is -2.26. The quantitative estimate of drug-likeness (QED) is 0.724. The Hall–Kier alpha value is -1.39. The molecule has 92 valence electrons. The molecule has 1 fully saturated rings. The highest BCUT2D eigenvalue weighted by molar-refractivity contribution is 7.16. The van der Waals surface area contributed by atoms with Gasteiger partial charge in [0.05, 0.1) is 5.69 Å². The molecule has 0 radical (unpaired) electrons. The van der Waals surface area contributed by atoms with Crippen LogP contribution in [0.1, 0.15) is 10.4 Å². The molecule has 0 saturated carbocycles. The molecule has 3 nitrogen and oxygen atoms in total. The topological polar surface area (TPSA) is 28.2 Å². The minimum atomic E-state index is 1.06. The summed E-state index contributed by atoms with van der Waals surface area (Å²) < 4.78 is 0. The van der Waals surface area contributed by atoms with E-state index < -0.39 is 0 Å². The molecule has 1 aliphatic carbocycles. The molecule has 18 heavy (non-hydrogen) atoms. The van der Waals surface area contributed by atoms with Gasteiger partial charge in [0.15, 0.2) is 5.13 Å². The second-order valence-electron chi connectivity index (χ2n) is 4.84. The number of rotatable bonds is 1. The van der Waals surface area contributed by atoms with Gasteiger partial charge in [0.25, 0.3) is 0 Å². The molecule has 0 atom stereocenters. The van der Waals surface area contributed by atoms with E-state index in [1.54, 1.807) is 0 Å². The summed E-state index contributed by atoms with van der Waals surface area (Å²) in [6, 6.07) is 8.64. The first-order valence-electron chi connectivity index (χ1n) is 6.45.